The van der Waals surface area contributed by atoms with Gasteiger partial charge in [-0.05, 0) is 31.2 Å². The number of ether oxygens (including phenoxy) is 1. The maximum absolute atomic E-state index is 13.3. The van der Waals surface area contributed by atoms with Crippen molar-refractivity contribution in [1.29, 1.82) is 0 Å². The Kier molecular flexibility index (Phi) is 5.17. The van der Waals surface area contributed by atoms with E-state index in [0.29, 0.717) is 17.9 Å². The molecule has 1 aromatic carbocycles. The average molecular weight is 335 g/mol. The number of hydrogen-bond donors (Lipinski definition) is 1. The molecule has 3 atom stereocenters. The molecule has 1 aliphatic heterocycles. The Hall–Kier alpha value is -1.90. The van der Waals surface area contributed by atoms with Gasteiger partial charge in [0.1, 0.15) is 5.82 Å². The number of nitrogens with zero attached hydrogens (tertiary/aromatic N) is 5. The molecule has 3 rings (SSSR count). The second-order valence-electron chi connectivity index (χ2n) is 6.31. The first-order valence-corrected chi connectivity index (χ1v) is 8.09. The fourth-order valence-electron chi connectivity index (χ4n) is 3.04. The largest absolute Gasteiger partial charge is 0.390 e. The van der Waals surface area contributed by atoms with Gasteiger partial charge in [-0.3, -0.25) is 4.90 Å². The van der Waals surface area contributed by atoms with Crippen LogP contribution in [0.15, 0.2) is 24.3 Å². The van der Waals surface area contributed by atoms with Gasteiger partial charge in [-0.25, -0.2) is 4.39 Å². The predicted octanol–water partition coefficient (Wildman–Crippen LogP) is 0.949. The molecule has 1 fully saturated rings. The molecule has 0 bridgehead atoms. The lowest BCUT2D eigenvalue weighted by Gasteiger charge is -2.36. The Labute approximate surface area is 140 Å². The number of β-amino-alcohol motifs (C(OH)–C–C–N with tert-alkyl or cyclic N) is 1. The van der Waals surface area contributed by atoms with E-state index in [2.05, 4.69) is 20.3 Å². The van der Waals surface area contributed by atoms with Gasteiger partial charge < -0.3 is 9.84 Å². The van der Waals surface area contributed by atoms with Crippen LogP contribution in [0.1, 0.15) is 13.8 Å². The van der Waals surface area contributed by atoms with Crippen molar-refractivity contribution in [2.75, 3.05) is 19.6 Å². The Balaban J connectivity index is 1.58. The standard InChI is InChI=1S/C16H22FN5O2/c1-11-7-21(8-12(2)24-11)9-15(23)10-22-19-16(18-20-22)13-4-3-5-14(17)6-13/h3-6,11-12,15,23H,7-10H2,1-2H3. The van der Waals surface area contributed by atoms with Crippen molar-refractivity contribution in [3.8, 4) is 11.4 Å². The van der Waals surface area contributed by atoms with Gasteiger partial charge >= 0.3 is 0 Å². The molecule has 1 aliphatic rings. The highest BCUT2D eigenvalue weighted by Gasteiger charge is 2.24. The second kappa shape index (κ2) is 7.33. The van der Waals surface area contributed by atoms with Crippen molar-refractivity contribution >= 4 is 0 Å². The summed E-state index contributed by atoms with van der Waals surface area (Å²) >= 11 is 0. The third-order valence-electron chi connectivity index (χ3n) is 3.87. The van der Waals surface area contributed by atoms with Gasteiger partial charge in [0.2, 0.25) is 5.82 Å². The lowest BCUT2D eigenvalue weighted by atomic mass is 10.2. The topological polar surface area (TPSA) is 76.3 Å². The SMILES string of the molecule is CC1CN(CC(O)Cn2nnc(-c3cccc(F)c3)n2)CC(C)O1. The van der Waals surface area contributed by atoms with Crippen LogP contribution in [0.4, 0.5) is 4.39 Å². The summed E-state index contributed by atoms with van der Waals surface area (Å²) in [6, 6.07) is 6.04. The Morgan fingerprint density at radius 2 is 2.04 bits per heavy atom. The van der Waals surface area contributed by atoms with E-state index in [1.54, 1.807) is 12.1 Å². The van der Waals surface area contributed by atoms with Gasteiger partial charge in [0.25, 0.3) is 0 Å². The minimum Gasteiger partial charge on any atom is -0.390 e. The molecule has 0 saturated carbocycles. The number of aromatic nitrogens is 4. The van der Waals surface area contributed by atoms with Gasteiger partial charge in [-0.1, -0.05) is 12.1 Å². The Bertz CT molecular complexity index is 670. The third-order valence-corrected chi connectivity index (χ3v) is 3.87. The summed E-state index contributed by atoms with van der Waals surface area (Å²) in [5.41, 5.74) is 0.562. The zero-order valence-corrected chi connectivity index (χ0v) is 13.8. The molecule has 3 unspecified atom stereocenters. The molecule has 0 amide bonds. The molecule has 0 spiro atoms. The van der Waals surface area contributed by atoms with E-state index in [4.69, 9.17) is 4.74 Å². The van der Waals surface area contributed by atoms with Crippen LogP contribution in [-0.2, 0) is 11.3 Å². The van der Waals surface area contributed by atoms with Crippen LogP contribution in [0, 0.1) is 5.82 Å². The normalized spacial score (nSPS) is 23.3. The highest BCUT2D eigenvalue weighted by Crippen LogP contribution is 2.15. The van der Waals surface area contributed by atoms with E-state index in [1.807, 2.05) is 13.8 Å². The fraction of sp³-hybridized carbons (Fsp3) is 0.562. The van der Waals surface area contributed by atoms with Crippen molar-refractivity contribution in [1.82, 2.24) is 25.1 Å². The fourth-order valence-corrected chi connectivity index (χ4v) is 3.04. The number of morpholine rings is 1. The van der Waals surface area contributed by atoms with Crippen molar-refractivity contribution in [2.24, 2.45) is 0 Å². The molecular weight excluding hydrogens is 313 g/mol. The number of tetrazole rings is 1. The van der Waals surface area contributed by atoms with Crippen LogP contribution < -0.4 is 0 Å². The van der Waals surface area contributed by atoms with Gasteiger partial charge in [-0.15, -0.1) is 10.2 Å². The maximum Gasteiger partial charge on any atom is 0.205 e. The second-order valence-corrected chi connectivity index (χ2v) is 6.31. The molecule has 0 aliphatic carbocycles. The van der Waals surface area contributed by atoms with Crippen molar-refractivity contribution in [2.45, 2.75) is 38.7 Å². The quantitative estimate of drug-likeness (QED) is 0.877. The summed E-state index contributed by atoms with van der Waals surface area (Å²) in [4.78, 5) is 3.52. The highest BCUT2D eigenvalue weighted by atomic mass is 19.1. The lowest BCUT2D eigenvalue weighted by Crippen LogP contribution is -2.48. The van der Waals surface area contributed by atoms with E-state index in [1.165, 1.54) is 16.9 Å². The van der Waals surface area contributed by atoms with Crippen LogP contribution in [0.5, 0.6) is 0 Å². The van der Waals surface area contributed by atoms with Crippen LogP contribution >= 0.6 is 0 Å². The van der Waals surface area contributed by atoms with Gasteiger partial charge in [0.15, 0.2) is 0 Å². The summed E-state index contributed by atoms with van der Waals surface area (Å²) in [5.74, 6) is -0.00485. The first kappa shape index (κ1) is 16.9. The van der Waals surface area contributed by atoms with Crippen LogP contribution in [0.2, 0.25) is 0 Å². The molecular formula is C16H22FN5O2. The van der Waals surface area contributed by atoms with Crippen LogP contribution in [0.3, 0.4) is 0 Å². The molecule has 1 saturated heterocycles. The van der Waals surface area contributed by atoms with E-state index in [-0.39, 0.29) is 24.6 Å². The van der Waals surface area contributed by atoms with Crippen LogP contribution in [0.25, 0.3) is 11.4 Å². The molecule has 130 valence electrons. The summed E-state index contributed by atoms with van der Waals surface area (Å²) in [6.07, 6.45) is -0.299. The van der Waals surface area contributed by atoms with E-state index < -0.39 is 6.10 Å². The lowest BCUT2D eigenvalue weighted by molar-refractivity contribution is -0.0776. The number of hydrogen-bond acceptors (Lipinski definition) is 6. The van der Waals surface area contributed by atoms with Crippen molar-refractivity contribution in [3.05, 3.63) is 30.1 Å². The minimum absolute atomic E-state index is 0.157. The molecule has 0 radical (unpaired) electrons. The molecule has 8 heteroatoms. The average Bonchev–Trinajstić information content (AvgIpc) is 2.94. The van der Waals surface area contributed by atoms with E-state index in [9.17, 15) is 9.50 Å². The number of rotatable bonds is 5. The Morgan fingerprint density at radius 3 is 2.75 bits per heavy atom. The zero-order chi connectivity index (χ0) is 17.1. The highest BCUT2D eigenvalue weighted by molar-refractivity contribution is 5.53. The number of aliphatic hydroxyl groups is 1. The molecule has 2 aromatic rings. The molecule has 1 N–H and O–H groups in total. The van der Waals surface area contributed by atoms with Gasteiger partial charge in [0, 0.05) is 25.2 Å². The molecule has 2 heterocycles. The molecule has 1 aromatic heterocycles. The summed E-state index contributed by atoms with van der Waals surface area (Å²) in [7, 11) is 0. The Morgan fingerprint density at radius 1 is 1.29 bits per heavy atom. The van der Waals surface area contributed by atoms with E-state index in [0.717, 1.165) is 13.1 Å². The van der Waals surface area contributed by atoms with Gasteiger partial charge in [0.05, 0.1) is 24.9 Å². The maximum atomic E-state index is 13.3. The summed E-state index contributed by atoms with van der Waals surface area (Å²) in [6.45, 7) is 6.40. The number of aliphatic hydroxyl groups excluding tert-OH is 1. The van der Waals surface area contributed by atoms with Gasteiger partial charge in [-0.2, -0.15) is 4.80 Å². The minimum atomic E-state index is -0.614. The van der Waals surface area contributed by atoms with E-state index >= 15 is 0 Å². The monoisotopic (exact) mass is 335 g/mol. The molecule has 24 heavy (non-hydrogen) atoms. The van der Waals surface area contributed by atoms with Crippen LogP contribution in [-0.4, -0.2) is 68.2 Å². The summed E-state index contributed by atoms with van der Waals surface area (Å²) in [5, 5.41) is 22.3. The predicted molar refractivity (Wildman–Crippen MR) is 85.7 cm³/mol. The van der Waals surface area contributed by atoms with Crippen molar-refractivity contribution in [3.63, 3.8) is 0 Å². The number of benzene rings is 1. The molecule has 7 nitrogen and oxygen atoms in total. The summed E-state index contributed by atoms with van der Waals surface area (Å²) < 4.78 is 18.9. The van der Waals surface area contributed by atoms with Crippen molar-refractivity contribution < 1.29 is 14.2 Å². The smallest absolute Gasteiger partial charge is 0.205 e. The number of halogens is 1. The third kappa shape index (κ3) is 4.34. The first-order valence-electron chi connectivity index (χ1n) is 8.09. The first-order chi connectivity index (χ1) is 11.5. The zero-order valence-electron chi connectivity index (χ0n) is 13.8.